The van der Waals surface area contributed by atoms with Gasteiger partial charge in [-0.05, 0) is 57.7 Å². The van der Waals surface area contributed by atoms with Gasteiger partial charge in [-0.2, -0.15) is 0 Å². The molecule has 0 fully saturated rings. The van der Waals surface area contributed by atoms with Gasteiger partial charge < -0.3 is 9.80 Å². The van der Waals surface area contributed by atoms with Gasteiger partial charge >= 0.3 is 0 Å². The second kappa shape index (κ2) is 6.50. The number of rotatable bonds is 5. The smallest absolute Gasteiger partial charge is 0.253 e. The first-order chi connectivity index (χ1) is 8.41. The number of aryl methyl sites for hydroxylation is 1. The van der Waals surface area contributed by atoms with Crippen molar-refractivity contribution in [3.63, 3.8) is 0 Å². The van der Waals surface area contributed by atoms with Crippen LogP contribution >= 0.6 is 0 Å². The molecule has 0 heterocycles. The number of hydrogen-bond donors (Lipinski definition) is 0. The van der Waals surface area contributed by atoms with E-state index in [2.05, 4.69) is 4.90 Å². The van der Waals surface area contributed by atoms with Crippen LogP contribution in [0.3, 0.4) is 0 Å². The predicted molar refractivity (Wildman–Crippen MR) is 71.3 cm³/mol. The summed E-state index contributed by atoms with van der Waals surface area (Å²) in [5.74, 6) is -0.356. The van der Waals surface area contributed by atoms with Crippen LogP contribution in [0, 0.1) is 12.7 Å². The van der Waals surface area contributed by atoms with Gasteiger partial charge in [-0.15, -0.1) is 0 Å². The average Bonchev–Trinajstić information content (AvgIpc) is 2.27. The van der Waals surface area contributed by atoms with Crippen LogP contribution in [-0.2, 0) is 0 Å². The van der Waals surface area contributed by atoms with Gasteiger partial charge in [0.05, 0.1) is 0 Å². The first-order valence-electron chi connectivity index (χ1n) is 6.08. The minimum atomic E-state index is -0.306. The highest BCUT2D eigenvalue weighted by Gasteiger charge is 2.14. The number of carbonyl (C=O) groups is 1. The van der Waals surface area contributed by atoms with Crippen molar-refractivity contribution in [2.45, 2.75) is 13.3 Å². The zero-order chi connectivity index (χ0) is 13.7. The number of halogens is 1. The van der Waals surface area contributed by atoms with Crippen molar-refractivity contribution in [2.75, 3.05) is 34.2 Å². The molecule has 0 N–H and O–H groups in total. The number of amides is 1. The van der Waals surface area contributed by atoms with E-state index in [1.165, 1.54) is 12.1 Å². The lowest BCUT2D eigenvalue weighted by Crippen LogP contribution is -2.30. The van der Waals surface area contributed by atoms with Crippen molar-refractivity contribution < 1.29 is 9.18 Å². The molecular weight excluding hydrogens is 231 g/mol. The molecule has 0 aliphatic heterocycles. The molecule has 1 aromatic rings. The maximum atomic E-state index is 13.0. The SMILES string of the molecule is Cc1cc(F)ccc1C(=O)N(C)CCCN(C)C. The third-order valence-electron chi connectivity index (χ3n) is 2.86. The number of nitrogens with zero attached hydrogens (tertiary/aromatic N) is 2. The molecule has 1 rings (SSSR count). The molecular formula is C14H21FN2O. The Morgan fingerprint density at radius 1 is 1.22 bits per heavy atom. The molecule has 0 aliphatic carbocycles. The summed E-state index contributed by atoms with van der Waals surface area (Å²) >= 11 is 0. The topological polar surface area (TPSA) is 23.6 Å². The van der Waals surface area contributed by atoms with Crippen molar-refractivity contribution in [3.05, 3.63) is 35.1 Å². The molecule has 3 nitrogen and oxygen atoms in total. The van der Waals surface area contributed by atoms with Gasteiger partial charge in [0.1, 0.15) is 5.82 Å². The summed E-state index contributed by atoms with van der Waals surface area (Å²) in [5.41, 5.74) is 1.25. The fourth-order valence-corrected chi connectivity index (χ4v) is 1.80. The molecule has 0 atom stereocenters. The van der Waals surface area contributed by atoms with Gasteiger partial charge in [-0.1, -0.05) is 0 Å². The second-order valence-corrected chi connectivity index (χ2v) is 4.84. The largest absolute Gasteiger partial charge is 0.342 e. The van der Waals surface area contributed by atoms with Gasteiger partial charge in [0.25, 0.3) is 5.91 Å². The van der Waals surface area contributed by atoms with Gasteiger partial charge in [0.15, 0.2) is 0 Å². The highest BCUT2D eigenvalue weighted by atomic mass is 19.1. The lowest BCUT2D eigenvalue weighted by molar-refractivity contribution is 0.0790. The van der Waals surface area contributed by atoms with E-state index in [1.807, 2.05) is 14.1 Å². The molecule has 1 aromatic carbocycles. The van der Waals surface area contributed by atoms with E-state index < -0.39 is 0 Å². The van der Waals surface area contributed by atoms with Crippen LogP contribution in [0.4, 0.5) is 4.39 Å². The molecule has 0 saturated heterocycles. The van der Waals surface area contributed by atoms with Crippen molar-refractivity contribution in [3.8, 4) is 0 Å². The fraction of sp³-hybridized carbons (Fsp3) is 0.500. The van der Waals surface area contributed by atoms with Gasteiger partial charge in [0.2, 0.25) is 0 Å². The van der Waals surface area contributed by atoms with Crippen molar-refractivity contribution >= 4 is 5.91 Å². The Morgan fingerprint density at radius 3 is 2.44 bits per heavy atom. The van der Waals surface area contributed by atoms with Crippen LogP contribution in [0.1, 0.15) is 22.3 Å². The standard InChI is InChI=1S/C14H21FN2O/c1-11-10-12(15)6-7-13(11)14(18)17(4)9-5-8-16(2)3/h6-7,10H,5,8-9H2,1-4H3. The zero-order valence-corrected chi connectivity index (χ0v) is 11.5. The number of benzene rings is 1. The molecule has 18 heavy (non-hydrogen) atoms. The van der Waals surface area contributed by atoms with E-state index >= 15 is 0 Å². The number of carbonyl (C=O) groups excluding carboxylic acids is 1. The summed E-state index contributed by atoms with van der Waals surface area (Å²) in [7, 11) is 5.79. The predicted octanol–water partition coefficient (Wildman–Crippen LogP) is 2.16. The molecule has 0 saturated carbocycles. The van der Waals surface area contributed by atoms with E-state index in [-0.39, 0.29) is 11.7 Å². The van der Waals surface area contributed by atoms with Crippen LogP contribution in [0.25, 0.3) is 0 Å². The van der Waals surface area contributed by atoms with E-state index in [0.29, 0.717) is 17.7 Å². The summed E-state index contributed by atoms with van der Waals surface area (Å²) in [5, 5.41) is 0. The Kier molecular flexibility index (Phi) is 5.28. The Morgan fingerprint density at radius 2 is 1.89 bits per heavy atom. The fourth-order valence-electron chi connectivity index (χ4n) is 1.80. The molecule has 0 aromatic heterocycles. The monoisotopic (exact) mass is 252 g/mol. The maximum Gasteiger partial charge on any atom is 0.253 e. The van der Waals surface area contributed by atoms with E-state index in [0.717, 1.165) is 13.0 Å². The third kappa shape index (κ3) is 4.11. The maximum absolute atomic E-state index is 13.0. The van der Waals surface area contributed by atoms with Crippen molar-refractivity contribution in [1.29, 1.82) is 0 Å². The minimum Gasteiger partial charge on any atom is -0.342 e. The quantitative estimate of drug-likeness (QED) is 0.801. The normalized spacial score (nSPS) is 10.8. The molecule has 0 radical (unpaired) electrons. The van der Waals surface area contributed by atoms with Crippen LogP contribution in [0.5, 0.6) is 0 Å². The number of hydrogen-bond acceptors (Lipinski definition) is 2. The summed E-state index contributed by atoms with van der Waals surface area (Å²) in [6.07, 6.45) is 0.926. The first kappa shape index (κ1) is 14.6. The molecule has 1 amide bonds. The molecule has 0 aliphatic rings. The van der Waals surface area contributed by atoms with Crippen LogP contribution in [0.2, 0.25) is 0 Å². The molecule has 0 unspecified atom stereocenters. The lowest BCUT2D eigenvalue weighted by atomic mass is 10.1. The third-order valence-corrected chi connectivity index (χ3v) is 2.86. The van der Waals surface area contributed by atoms with Crippen LogP contribution in [0.15, 0.2) is 18.2 Å². The van der Waals surface area contributed by atoms with Gasteiger partial charge in [0, 0.05) is 19.2 Å². The van der Waals surface area contributed by atoms with Crippen molar-refractivity contribution in [1.82, 2.24) is 9.80 Å². The first-order valence-corrected chi connectivity index (χ1v) is 6.08. The molecule has 0 bridgehead atoms. The van der Waals surface area contributed by atoms with Crippen LogP contribution in [-0.4, -0.2) is 49.9 Å². The Labute approximate surface area is 108 Å². The Balaban J connectivity index is 2.63. The second-order valence-electron chi connectivity index (χ2n) is 4.84. The molecule has 0 spiro atoms. The van der Waals surface area contributed by atoms with Crippen molar-refractivity contribution in [2.24, 2.45) is 0 Å². The van der Waals surface area contributed by atoms with Gasteiger partial charge in [-0.3, -0.25) is 4.79 Å². The highest BCUT2D eigenvalue weighted by Crippen LogP contribution is 2.12. The zero-order valence-electron chi connectivity index (χ0n) is 11.5. The van der Waals surface area contributed by atoms with Crippen LogP contribution < -0.4 is 0 Å². The Bertz CT molecular complexity index is 418. The van der Waals surface area contributed by atoms with E-state index in [1.54, 1.807) is 24.9 Å². The minimum absolute atomic E-state index is 0.0498. The summed E-state index contributed by atoms with van der Waals surface area (Å²) in [6, 6.07) is 4.27. The van der Waals surface area contributed by atoms with Gasteiger partial charge in [-0.25, -0.2) is 4.39 Å². The summed E-state index contributed by atoms with van der Waals surface area (Å²) in [4.78, 5) is 15.9. The molecule has 4 heteroatoms. The average molecular weight is 252 g/mol. The summed E-state index contributed by atoms with van der Waals surface area (Å²) in [6.45, 7) is 3.40. The Hall–Kier alpha value is -1.42. The highest BCUT2D eigenvalue weighted by molar-refractivity contribution is 5.95. The van der Waals surface area contributed by atoms with E-state index in [9.17, 15) is 9.18 Å². The molecule has 100 valence electrons. The van der Waals surface area contributed by atoms with E-state index in [4.69, 9.17) is 0 Å². The lowest BCUT2D eigenvalue weighted by Gasteiger charge is -2.19. The summed E-state index contributed by atoms with van der Waals surface area (Å²) < 4.78 is 13.0.